The number of hydrogen-bond acceptors (Lipinski definition) is 4. The number of likely N-dealkylation sites (tertiary alicyclic amines) is 2. The van der Waals surface area contributed by atoms with E-state index in [1.807, 2.05) is 22.9 Å². The van der Waals surface area contributed by atoms with E-state index in [0.717, 1.165) is 44.0 Å². The quantitative estimate of drug-likeness (QED) is 0.876. The van der Waals surface area contributed by atoms with Crippen molar-refractivity contribution in [1.82, 2.24) is 19.6 Å². The third-order valence-corrected chi connectivity index (χ3v) is 5.68. The van der Waals surface area contributed by atoms with Gasteiger partial charge in [-0.3, -0.25) is 9.80 Å². The molecular weight excluding hydrogens is 312 g/mol. The first kappa shape index (κ1) is 16.8. The van der Waals surface area contributed by atoms with Gasteiger partial charge < -0.3 is 5.11 Å². The third kappa shape index (κ3) is 3.78. The number of hydrogen-bond donors (Lipinski definition) is 1. The highest BCUT2D eigenvalue weighted by Crippen LogP contribution is 2.24. The molecule has 0 aliphatic carbocycles. The van der Waals surface area contributed by atoms with Crippen molar-refractivity contribution in [2.75, 3.05) is 26.2 Å². The molecular formula is C20H28N4O. The standard InChI is InChI=1S/C20H28N4O/c25-16-20-9-5-12-23(20)15-19-8-4-11-22(19)14-17-10-13-24(21-17)18-6-2-1-3-7-18/h1-3,6-7,10,13,19-20,25H,4-5,8-9,11-12,14-16H2. The van der Waals surface area contributed by atoms with Crippen molar-refractivity contribution in [2.45, 2.75) is 44.3 Å². The molecule has 0 spiro atoms. The van der Waals surface area contributed by atoms with Crippen LogP contribution in [-0.4, -0.2) is 63.0 Å². The van der Waals surface area contributed by atoms with Crippen LogP contribution in [0.5, 0.6) is 0 Å². The Hall–Kier alpha value is -1.69. The minimum absolute atomic E-state index is 0.300. The van der Waals surface area contributed by atoms with Gasteiger partial charge in [0.25, 0.3) is 0 Å². The van der Waals surface area contributed by atoms with Crippen LogP contribution in [0.2, 0.25) is 0 Å². The van der Waals surface area contributed by atoms with Crippen LogP contribution in [0.1, 0.15) is 31.4 Å². The van der Waals surface area contributed by atoms with E-state index in [0.29, 0.717) is 18.7 Å². The Balaban J connectivity index is 1.39. The van der Waals surface area contributed by atoms with Crippen molar-refractivity contribution in [3.05, 3.63) is 48.3 Å². The average molecular weight is 340 g/mol. The van der Waals surface area contributed by atoms with Gasteiger partial charge in [0.1, 0.15) is 0 Å². The number of aliphatic hydroxyl groups excluding tert-OH is 1. The summed E-state index contributed by atoms with van der Waals surface area (Å²) in [7, 11) is 0. The van der Waals surface area contributed by atoms with Crippen LogP contribution in [-0.2, 0) is 6.54 Å². The molecule has 0 amide bonds. The first-order valence-corrected chi connectivity index (χ1v) is 9.52. The summed E-state index contributed by atoms with van der Waals surface area (Å²) in [4.78, 5) is 5.07. The molecule has 0 bridgehead atoms. The van der Waals surface area contributed by atoms with Gasteiger partial charge in [0.2, 0.25) is 0 Å². The number of benzene rings is 1. The second-order valence-electron chi connectivity index (χ2n) is 7.33. The first-order chi connectivity index (χ1) is 12.3. The molecule has 5 heteroatoms. The van der Waals surface area contributed by atoms with Crippen molar-refractivity contribution >= 4 is 0 Å². The molecule has 0 saturated carbocycles. The van der Waals surface area contributed by atoms with Crippen LogP contribution in [0.25, 0.3) is 5.69 Å². The lowest BCUT2D eigenvalue weighted by molar-refractivity contribution is 0.119. The van der Waals surface area contributed by atoms with E-state index < -0.39 is 0 Å². The molecule has 2 aliphatic rings. The summed E-state index contributed by atoms with van der Waals surface area (Å²) in [5.41, 5.74) is 2.24. The highest BCUT2D eigenvalue weighted by molar-refractivity contribution is 5.30. The Morgan fingerprint density at radius 3 is 2.52 bits per heavy atom. The molecule has 2 atom stereocenters. The van der Waals surface area contributed by atoms with Gasteiger partial charge in [0, 0.05) is 31.4 Å². The summed E-state index contributed by atoms with van der Waals surface area (Å²) in [6, 6.07) is 13.4. The fraction of sp³-hybridized carbons (Fsp3) is 0.550. The number of rotatable bonds is 6. The number of para-hydroxylation sites is 1. The maximum absolute atomic E-state index is 9.55. The molecule has 5 nitrogen and oxygen atoms in total. The van der Waals surface area contributed by atoms with E-state index in [1.165, 1.54) is 19.3 Å². The molecule has 25 heavy (non-hydrogen) atoms. The molecule has 3 heterocycles. The Bertz CT molecular complexity index is 671. The van der Waals surface area contributed by atoms with Gasteiger partial charge >= 0.3 is 0 Å². The summed E-state index contributed by atoms with van der Waals surface area (Å²) in [6.45, 7) is 4.60. The largest absolute Gasteiger partial charge is 0.395 e. The number of nitrogens with zero attached hydrogens (tertiary/aromatic N) is 4. The van der Waals surface area contributed by atoms with Crippen LogP contribution in [0.4, 0.5) is 0 Å². The van der Waals surface area contributed by atoms with E-state index >= 15 is 0 Å². The monoisotopic (exact) mass is 340 g/mol. The Kier molecular flexibility index (Phi) is 5.15. The lowest BCUT2D eigenvalue weighted by Gasteiger charge is -2.30. The Labute approximate surface area is 149 Å². The van der Waals surface area contributed by atoms with Crippen molar-refractivity contribution in [2.24, 2.45) is 0 Å². The molecule has 2 fully saturated rings. The van der Waals surface area contributed by atoms with Crippen molar-refractivity contribution < 1.29 is 5.11 Å². The molecule has 0 radical (unpaired) electrons. The molecule has 134 valence electrons. The van der Waals surface area contributed by atoms with Gasteiger partial charge in [-0.2, -0.15) is 5.10 Å². The van der Waals surface area contributed by atoms with Crippen LogP contribution in [0, 0.1) is 0 Å². The third-order valence-electron chi connectivity index (χ3n) is 5.68. The van der Waals surface area contributed by atoms with Crippen molar-refractivity contribution in [1.29, 1.82) is 0 Å². The Morgan fingerprint density at radius 1 is 0.960 bits per heavy atom. The van der Waals surface area contributed by atoms with E-state index in [9.17, 15) is 5.11 Å². The minimum atomic E-state index is 0.300. The van der Waals surface area contributed by atoms with E-state index in [2.05, 4.69) is 34.2 Å². The van der Waals surface area contributed by atoms with Gasteiger partial charge in [0.15, 0.2) is 0 Å². The topological polar surface area (TPSA) is 44.5 Å². The van der Waals surface area contributed by atoms with Crippen molar-refractivity contribution in [3.8, 4) is 5.69 Å². The molecule has 2 aliphatic heterocycles. The maximum Gasteiger partial charge on any atom is 0.0769 e. The summed E-state index contributed by atoms with van der Waals surface area (Å²) >= 11 is 0. The molecule has 4 rings (SSSR count). The number of aliphatic hydroxyl groups is 1. The molecule has 2 saturated heterocycles. The van der Waals surface area contributed by atoms with Gasteiger partial charge in [-0.05, 0) is 57.0 Å². The zero-order valence-corrected chi connectivity index (χ0v) is 14.8. The van der Waals surface area contributed by atoms with E-state index in [-0.39, 0.29) is 0 Å². The summed E-state index contributed by atoms with van der Waals surface area (Å²) < 4.78 is 1.96. The van der Waals surface area contributed by atoms with E-state index in [1.54, 1.807) is 0 Å². The highest BCUT2D eigenvalue weighted by Gasteiger charge is 2.31. The fourth-order valence-electron chi connectivity index (χ4n) is 4.30. The predicted molar refractivity (Wildman–Crippen MR) is 98.7 cm³/mol. The van der Waals surface area contributed by atoms with Gasteiger partial charge in [-0.15, -0.1) is 0 Å². The smallest absolute Gasteiger partial charge is 0.0769 e. The molecule has 1 aromatic heterocycles. The Morgan fingerprint density at radius 2 is 1.72 bits per heavy atom. The first-order valence-electron chi connectivity index (χ1n) is 9.52. The molecule has 1 N–H and O–H groups in total. The molecule has 2 unspecified atom stereocenters. The minimum Gasteiger partial charge on any atom is -0.395 e. The highest BCUT2D eigenvalue weighted by atomic mass is 16.3. The number of aromatic nitrogens is 2. The second kappa shape index (κ2) is 7.68. The lowest BCUT2D eigenvalue weighted by Crippen LogP contribution is -2.43. The summed E-state index contributed by atoms with van der Waals surface area (Å²) in [5.74, 6) is 0. The maximum atomic E-state index is 9.55. The average Bonchev–Trinajstić information content (AvgIpc) is 3.38. The molecule has 2 aromatic rings. The molecule has 1 aromatic carbocycles. The van der Waals surface area contributed by atoms with Crippen LogP contribution in [0.3, 0.4) is 0 Å². The van der Waals surface area contributed by atoms with Gasteiger partial charge in [-0.25, -0.2) is 4.68 Å². The second-order valence-corrected chi connectivity index (χ2v) is 7.33. The summed E-state index contributed by atoms with van der Waals surface area (Å²) in [5, 5.41) is 14.3. The van der Waals surface area contributed by atoms with Gasteiger partial charge in [-0.1, -0.05) is 18.2 Å². The van der Waals surface area contributed by atoms with Gasteiger partial charge in [0.05, 0.1) is 18.0 Å². The van der Waals surface area contributed by atoms with Crippen LogP contribution in [0.15, 0.2) is 42.6 Å². The zero-order chi connectivity index (χ0) is 17.1. The van der Waals surface area contributed by atoms with E-state index in [4.69, 9.17) is 5.10 Å². The SMILES string of the molecule is OCC1CCCN1CC1CCCN1Cc1ccn(-c2ccccc2)n1. The van der Waals surface area contributed by atoms with Crippen molar-refractivity contribution in [3.63, 3.8) is 0 Å². The lowest BCUT2D eigenvalue weighted by atomic mass is 10.2. The predicted octanol–water partition coefficient (Wildman–Crippen LogP) is 2.29. The zero-order valence-electron chi connectivity index (χ0n) is 14.8. The normalized spacial score (nSPS) is 25.0. The fourth-order valence-corrected chi connectivity index (χ4v) is 4.30. The van der Waals surface area contributed by atoms with Crippen LogP contribution < -0.4 is 0 Å². The summed E-state index contributed by atoms with van der Waals surface area (Å²) in [6.07, 6.45) is 6.94. The van der Waals surface area contributed by atoms with Crippen LogP contribution >= 0.6 is 0 Å².